The summed E-state index contributed by atoms with van der Waals surface area (Å²) in [6.45, 7) is 2.59. The van der Waals surface area contributed by atoms with Crippen LogP contribution in [0.1, 0.15) is 30.4 Å². The van der Waals surface area contributed by atoms with E-state index in [-0.39, 0.29) is 24.6 Å². The van der Waals surface area contributed by atoms with Gasteiger partial charge in [-0.25, -0.2) is 0 Å². The van der Waals surface area contributed by atoms with Crippen LogP contribution in [-0.2, 0) is 9.53 Å². The summed E-state index contributed by atoms with van der Waals surface area (Å²) in [5, 5.41) is 6.93. The molecule has 5 rings (SSSR count). The number of nitrogens with one attached hydrogen (secondary N) is 2. The van der Waals surface area contributed by atoms with Crippen LogP contribution < -0.4 is 20.3 Å². The van der Waals surface area contributed by atoms with Crippen LogP contribution in [0.4, 0.5) is 11.4 Å². The molecule has 0 unspecified atom stereocenters. The molecule has 0 radical (unpaired) electrons. The van der Waals surface area contributed by atoms with E-state index in [0.717, 1.165) is 28.5 Å². The van der Waals surface area contributed by atoms with Crippen molar-refractivity contribution in [2.75, 3.05) is 30.5 Å². The lowest BCUT2D eigenvalue weighted by atomic mass is 10.0. The lowest BCUT2D eigenvalue weighted by molar-refractivity contribution is -0.119. The van der Waals surface area contributed by atoms with Gasteiger partial charge in [0.25, 0.3) is 0 Å². The van der Waals surface area contributed by atoms with Crippen molar-refractivity contribution in [1.82, 2.24) is 14.9 Å². The minimum atomic E-state index is -0.208. The lowest BCUT2D eigenvalue weighted by Gasteiger charge is -2.29. The molecule has 2 N–H and O–H groups in total. The van der Waals surface area contributed by atoms with Crippen LogP contribution in [-0.4, -0.2) is 40.9 Å². The van der Waals surface area contributed by atoms with Gasteiger partial charge in [-0.3, -0.25) is 9.78 Å². The number of carbonyl (C=O) groups excluding carboxylic acids is 1. The number of hydrogen-bond donors (Lipinski definition) is 2. The number of benzene rings is 2. The van der Waals surface area contributed by atoms with Crippen LogP contribution in [0.3, 0.4) is 0 Å². The maximum absolute atomic E-state index is 11.9. The van der Waals surface area contributed by atoms with E-state index in [2.05, 4.69) is 37.3 Å². The molecule has 8 nitrogen and oxygen atoms in total. The predicted octanol–water partition coefficient (Wildman–Crippen LogP) is 5.03. The fraction of sp³-hybridized carbons (Fsp3) is 0.207. The zero-order valence-electron chi connectivity index (χ0n) is 21.2. The molecule has 1 fully saturated rings. The van der Waals surface area contributed by atoms with Crippen LogP contribution in [0.5, 0.6) is 5.75 Å². The maximum Gasteiger partial charge on any atom is 0.250 e. The molecule has 0 saturated carbocycles. The monoisotopic (exact) mass is 527 g/mol. The van der Waals surface area contributed by atoms with Crippen LogP contribution in [0, 0.1) is 0 Å². The Morgan fingerprint density at radius 1 is 1.03 bits per heavy atom. The molecule has 38 heavy (non-hydrogen) atoms. The predicted molar refractivity (Wildman–Crippen MR) is 152 cm³/mol. The quantitative estimate of drug-likeness (QED) is 0.296. The van der Waals surface area contributed by atoms with E-state index in [9.17, 15) is 4.79 Å². The maximum atomic E-state index is 11.9. The van der Waals surface area contributed by atoms with E-state index in [1.807, 2.05) is 79.7 Å². The normalized spacial score (nSPS) is 16.8. The van der Waals surface area contributed by atoms with E-state index in [1.165, 1.54) is 7.11 Å². The van der Waals surface area contributed by atoms with E-state index < -0.39 is 0 Å². The van der Waals surface area contributed by atoms with Crippen molar-refractivity contribution in [3.8, 4) is 11.4 Å². The number of anilines is 2. The lowest BCUT2D eigenvalue weighted by Crippen LogP contribution is -2.30. The first-order chi connectivity index (χ1) is 18.6. The van der Waals surface area contributed by atoms with Crippen LogP contribution in [0.25, 0.3) is 5.69 Å². The van der Waals surface area contributed by atoms with E-state index in [1.54, 1.807) is 6.20 Å². The summed E-state index contributed by atoms with van der Waals surface area (Å²) in [7, 11) is 1.49. The molecule has 2 aromatic carbocycles. The Labute approximate surface area is 227 Å². The summed E-state index contributed by atoms with van der Waals surface area (Å²) < 4.78 is 12.7. The molecule has 0 spiro atoms. The van der Waals surface area contributed by atoms with Gasteiger partial charge in [0.05, 0.1) is 18.3 Å². The Bertz CT molecular complexity index is 1390. The molecule has 2 atom stereocenters. The first-order valence-corrected chi connectivity index (χ1v) is 12.8. The van der Waals surface area contributed by atoms with Gasteiger partial charge in [0, 0.05) is 42.3 Å². The Kier molecular flexibility index (Phi) is 7.67. The molecule has 9 heteroatoms. The standard InChI is InChI=1S/C29H29N5O3S/c1-3-37-23-15-13-21(14-16-23)33-18-6-8-25(33)28-27(24-7-4-5-17-30-24)32-29(38)34(28)22-11-9-20(10-12-22)31-26(35)19-36-2/h4-18,27-28H,3,19H2,1-2H3,(H,31,35)(H,32,38)/t27-,28+/m0/s1. The van der Waals surface area contributed by atoms with Gasteiger partial charge in [-0.15, -0.1) is 0 Å². The zero-order chi connectivity index (χ0) is 26.5. The second-order valence-electron chi connectivity index (χ2n) is 8.75. The van der Waals surface area contributed by atoms with Gasteiger partial charge in [-0.1, -0.05) is 6.07 Å². The zero-order valence-corrected chi connectivity index (χ0v) is 22.0. The molecule has 2 aromatic heterocycles. The Balaban J connectivity index is 1.53. The number of methoxy groups -OCH3 is 1. The number of thiocarbonyl (C=S) groups is 1. The minimum Gasteiger partial charge on any atom is -0.494 e. The number of aromatic nitrogens is 2. The molecule has 1 saturated heterocycles. The van der Waals surface area contributed by atoms with Crippen molar-refractivity contribution in [1.29, 1.82) is 0 Å². The molecule has 4 aromatic rings. The van der Waals surface area contributed by atoms with Crippen molar-refractivity contribution in [2.45, 2.75) is 19.0 Å². The van der Waals surface area contributed by atoms with Crippen LogP contribution >= 0.6 is 12.2 Å². The average molecular weight is 528 g/mol. The molecule has 0 bridgehead atoms. The Morgan fingerprint density at radius 2 is 1.79 bits per heavy atom. The molecular weight excluding hydrogens is 498 g/mol. The molecule has 194 valence electrons. The highest BCUT2D eigenvalue weighted by atomic mass is 32.1. The number of amides is 1. The highest BCUT2D eigenvalue weighted by molar-refractivity contribution is 7.80. The highest BCUT2D eigenvalue weighted by Crippen LogP contribution is 2.42. The fourth-order valence-electron chi connectivity index (χ4n) is 4.71. The van der Waals surface area contributed by atoms with Gasteiger partial charge in [0.2, 0.25) is 5.91 Å². The molecule has 3 heterocycles. The Morgan fingerprint density at radius 3 is 2.47 bits per heavy atom. The summed E-state index contributed by atoms with van der Waals surface area (Å²) in [6, 6.07) is 25.4. The summed E-state index contributed by atoms with van der Waals surface area (Å²) in [5.74, 6) is 0.624. The van der Waals surface area contributed by atoms with Gasteiger partial charge in [0.15, 0.2) is 5.11 Å². The summed E-state index contributed by atoms with van der Waals surface area (Å²) in [5.41, 5.74) is 4.54. The molecular formula is C29H29N5O3S. The SMILES string of the molecule is CCOc1ccc(-n2cccc2[C@@H]2[C@H](c3ccccn3)NC(=S)N2c2ccc(NC(=O)COC)cc2)cc1. The first-order valence-electron chi connectivity index (χ1n) is 12.4. The van der Waals surface area contributed by atoms with E-state index >= 15 is 0 Å². The molecule has 1 aliphatic rings. The smallest absolute Gasteiger partial charge is 0.250 e. The van der Waals surface area contributed by atoms with Gasteiger partial charge in [-0.05, 0) is 91.9 Å². The Hall–Kier alpha value is -4.21. The van der Waals surface area contributed by atoms with Gasteiger partial charge in [0.1, 0.15) is 18.4 Å². The van der Waals surface area contributed by atoms with Crippen LogP contribution in [0.2, 0.25) is 0 Å². The number of ether oxygens (including phenoxy) is 2. The summed E-state index contributed by atoms with van der Waals surface area (Å²) in [6.07, 6.45) is 3.84. The van der Waals surface area contributed by atoms with E-state index in [4.69, 9.17) is 21.7 Å². The highest BCUT2D eigenvalue weighted by Gasteiger charge is 2.42. The number of rotatable bonds is 9. The second-order valence-corrected chi connectivity index (χ2v) is 9.14. The third-order valence-electron chi connectivity index (χ3n) is 6.31. The minimum absolute atomic E-state index is 0.00174. The second kappa shape index (κ2) is 11.5. The van der Waals surface area contributed by atoms with Crippen molar-refractivity contribution in [3.05, 3.63) is 103 Å². The fourth-order valence-corrected chi connectivity index (χ4v) is 5.05. The molecule has 1 aliphatic heterocycles. The number of carbonyl (C=O) groups is 1. The third-order valence-corrected chi connectivity index (χ3v) is 6.63. The molecule has 1 amide bonds. The van der Waals surface area contributed by atoms with Crippen molar-refractivity contribution < 1.29 is 14.3 Å². The van der Waals surface area contributed by atoms with Gasteiger partial charge < -0.3 is 29.6 Å². The van der Waals surface area contributed by atoms with Crippen molar-refractivity contribution >= 4 is 34.6 Å². The first kappa shape index (κ1) is 25.4. The topological polar surface area (TPSA) is 80.7 Å². The summed E-state index contributed by atoms with van der Waals surface area (Å²) in [4.78, 5) is 18.7. The number of hydrogen-bond acceptors (Lipinski definition) is 5. The number of pyridine rings is 1. The largest absolute Gasteiger partial charge is 0.494 e. The van der Waals surface area contributed by atoms with Gasteiger partial charge >= 0.3 is 0 Å². The van der Waals surface area contributed by atoms with Gasteiger partial charge in [-0.2, -0.15) is 0 Å². The molecule has 0 aliphatic carbocycles. The van der Waals surface area contributed by atoms with Crippen LogP contribution in [0.15, 0.2) is 91.3 Å². The third kappa shape index (κ3) is 5.25. The number of nitrogens with zero attached hydrogens (tertiary/aromatic N) is 3. The van der Waals surface area contributed by atoms with E-state index in [0.29, 0.717) is 17.4 Å². The van der Waals surface area contributed by atoms with Crippen molar-refractivity contribution in [3.63, 3.8) is 0 Å². The van der Waals surface area contributed by atoms with Crippen molar-refractivity contribution in [2.24, 2.45) is 0 Å². The average Bonchev–Trinajstić information content (AvgIpc) is 3.55. The summed E-state index contributed by atoms with van der Waals surface area (Å²) >= 11 is 5.87.